The molecule has 23 heavy (non-hydrogen) atoms. The molecule has 1 aromatic carbocycles. The Balaban J connectivity index is 1.61. The largest absolute Gasteiger partial charge is 0.356 e. The van der Waals surface area contributed by atoms with Crippen LogP contribution in [0.3, 0.4) is 0 Å². The topological polar surface area (TPSA) is 84.2 Å². The van der Waals surface area contributed by atoms with Gasteiger partial charge in [-0.25, -0.2) is 0 Å². The molecule has 0 radical (unpaired) electrons. The quantitative estimate of drug-likeness (QED) is 0.644. The number of nitrogens with two attached hydrogens (primary N) is 1. The molecule has 1 aromatic heterocycles. The average Bonchev–Trinajstić information content (AvgIpc) is 3.07. The first-order valence-corrected chi connectivity index (χ1v) is 8.43. The van der Waals surface area contributed by atoms with E-state index in [-0.39, 0.29) is 11.8 Å². The van der Waals surface area contributed by atoms with Gasteiger partial charge in [-0.3, -0.25) is 9.59 Å². The summed E-state index contributed by atoms with van der Waals surface area (Å²) in [5, 5.41) is 7.64. The number of carbonyl (C=O) groups excluding carboxylic acids is 2. The third-order valence-corrected chi connectivity index (χ3v) is 4.20. The van der Waals surface area contributed by atoms with Crippen molar-refractivity contribution >= 4 is 23.2 Å². The van der Waals surface area contributed by atoms with Crippen molar-refractivity contribution in [3.8, 4) is 0 Å². The van der Waals surface area contributed by atoms with E-state index in [1.807, 2.05) is 29.6 Å². The fourth-order valence-electron chi connectivity index (χ4n) is 2.05. The van der Waals surface area contributed by atoms with Crippen molar-refractivity contribution in [3.63, 3.8) is 0 Å². The summed E-state index contributed by atoms with van der Waals surface area (Å²) in [7, 11) is 0. The number of hydrogen-bond donors (Lipinski definition) is 3. The molecule has 0 unspecified atom stereocenters. The lowest BCUT2D eigenvalue weighted by atomic mass is 10.1. The van der Waals surface area contributed by atoms with Gasteiger partial charge < -0.3 is 16.4 Å². The lowest BCUT2D eigenvalue weighted by Crippen LogP contribution is -2.30. The minimum atomic E-state index is -0.113. The molecule has 2 aromatic rings. The van der Waals surface area contributed by atoms with E-state index < -0.39 is 0 Å². The van der Waals surface area contributed by atoms with E-state index in [2.05, 4.69) is 10.6 Å². The van der Waals surface area contributed by atoms with Crippen LogP contribution in [0.25, 0.3) is 0 Å². The average molecular weight is 331 g/mol. The smallest absolute Gasteiger partial charge is 0.251 e. The Bertz CT molecular complexity index is 624. The predicted molar refractivity (Wildman–Crippen MR) is 92.3 cm³/mol. The molecule has 0 saturated carbocycles. The lowest BCUT2D eigenvalue weighted by molar-refractivity contribution is -0.120. The van der Waals surface area contributed by atoms with Crippen LogP contribution < -0.4 is 16.4 Å². The monoisotopic (exact) mass is 331 g/mol. The van der Waals surface area contributed by atoms with Gasteiger partial charge in [0.05, 0.1) is 6.42 Å². The minimum absolute atomic E-state index is 0.0103. The highest BCUT2D eigenvalue weighted by Gasteiger charge is 2.05. The van der Waals surface area contributed by atoms with Crippen LogP contribution in [-0.4, -0.2) is 24.9 Å². The highest BCUT2D eigenvalue weighted by molar-refractivity contribution is 7.10. The Morgan fingerprint density at radius 2 is 1.78 bits per heavy atom. The molecule has 0 aliphatic heterocycles. The predicted octanol–water partition coefficient (Wildman–Crippen LogP) is 1.69. The second-order valence-electron chi connectivity index (χ2n) is 5.12. The van der Waals surface area contributed by atoms with Crippen LogP contribution in [0.4, 0.5) is 0 Å². The third-order valence-electron chi connectivity index (χ3n) is 3.33. The maximum atomic E-state index is 11.9. The molecule has 0 spiro atoms. The normalized spacial score (nSPS) is 10.3. The minimum Gasteiger partial charge on any atom is -0.356 e. The van der Waals surface area contributed by atoms with Crippen LogP contribution in [0.15, 0.2) is 41.8 Å². The molecule has 0 fully saturated rings. The summed E-state index contributed by atoms with van der Waals surface area (Å²) in [6, 6.07) is 11.1. The molecule has 2 rings (SSSR count). The van der Waals surface area contributed by atoms with E-state index in [4.69, 9.17) is 5.73 Å². The molecule has 0 saturated heterocycles. The fourth-order valence-corrected chi connectivity index (χ4v) is 2.75. The molecular formula is C17H21N3O2S. The first-order chi connectivity index (χ1) is 11.2. The summed E-state index contributed by atoms with van der Waals surface area (Å²) in [6.07, 6.45) is 1.11. The third kappa shape index (κ3) is 5.84. The van der Waals surface area contributed by atoms with Crippen LogP contribution in [0.5, 0.6) is 0 Å². The van der Waals surface area contributed by atoms with Crippen LogP contribution in [0.2, 0.25) is 0 Å². The van der Waals surface area contributed by atoms with Gasteiger partial charge in [0.1, 0.15) is 0 Å². The van der Waals surface area contributed by atoms with Crippen LogP contribution in [0, 0.1) is 0 Å². The maximum Gasteiger partial charge on any atom is 0.251 e. The van der Waals surface area contributed by atoms with Crippen LogP contribution in [0.1, 0.15) is 27.2 Å². The van der Waals surface area contributed by atoms with E-state index in [0.717, 1.165) is 10.4 Å². The Morgan fingerprint density at radius 3 is 2.43 bits per heavy atom. The number of nitrogens with one attached hydrogen (secondary N) is 2. The van der Waals surface area contributed by atoms with Gasteiger partial charge in [-0.2, -0.15) is 0 Å². The molecule has 0 aliphatic rings. The zero-order valence-electron chi connectivity index (χ0n) is 12.9. The summed E-state index contributed by atoms with van der Waals surface area (Å²) < 4.78 is 0. The molecule has 0 aliphatic carbocycles. The number of hydrogen-bond acceptors (Lipinski definition) is 4. The van der Waals surface area contributed by atoms with Crippen molar-refractivity contribution in [2.24, 2.45) is 5.73 Å². The van der Waals surface area contributed by atoms with Gasteiger partial charge in [0, 0.05) is 30.1 Å². The van der Waals surface area contributed by atoms with Crippen molar-refractivity contribution in [1.29, 1.82) is 0 Å². The molecule has 122 valence electrons. The second kappa shape index (κ2) is 9.07. The first-order valence-electron chi connectivity index (χ1n) is 7.55. The van der Waals surface area contributed by atoms with E-state index in [0.29, 0.717) is 38.0 Å². The van der Waals surface area contributed by atoms with Crippen molar-refractivity contribution < 1.29 is 9.59 Å². The Labute approximate surface area is 139 Å². The van der Waals surface area contributed by atoms with Crippen molar-refractivity contribution in [2.75, 3.05) is 13.1 Å². The van der Waals surface area contributed by atoms with Gasteiger partial charge in [0.2, 0.25) is 5.91 Å². The van der Waals surface area contributed by atoms with Gasteiger partial charge in [-0.05, 0) is 35.6 Å². The Hall–Kier alpha value is -2.18. The van der Waals surface area contributed by atoms with E-state index >= 15 is 0 Å². The lowest BCUT2D eigenvalue weighted by Gasteiger charge is -2.07. The molecule has 5 nitrogen and oxygen atoms in total. The molecule has 0 bridgehead atoms. The first kappa shape index (κ1) is 17.2. The SMILES string of the molecule is NCc1ccc(C(=O)NCCCNC(=O)Cc2cccs2)cc1. The summed E-state index contributed by atoms with van der Waals surface area (Å²) in [5.41, 5.74) is 7.13. The second-order valence-corrected chi connectivity index (χ2v) is 6.15. The van der Waals surface area contributed by atoms with Gasteiger partial charge in [0.25, 0.3) is 5.91 Å². The van der Waals surface area contributed by atoms with Crippen molar-refractivity contribution in [2.45, 2.75) is 19.4 Å². The summed E-state index contributed by atoms with van der Waals surface area (Å²) in [4.78, 5) is 24.7. The van der Waals surface area contributed by atoms with E-state index in [1.54, 1.807) is 23.5 Å². The molecule has 6 heteroatoms. The van der Waals surface area contributed by atoms with Gasteiger partial charge in [-0.1, -0.05) is 18.2 Å². The number of amides is 2. The van der Waals surface area contributed by atoms with Gasteiger partial charge in [0.15, 0.2) is 0 Å². The molecule has 0 atom stereocenters. The summed E-state index contributed by atoms with van der Waals surface area (Å²) in [6.45, 7) is 1.54. The van der Waals surface area contributed by atoms with Gasteiger partial charge >= 0.3 is 0 Å². The standard InChI is InChI=1S/C17H21N3O2S/c18-12-13-4-6-14(7-5-13)17(22)20-9-2-8-19-16(21)11-15-3-1-10-23-15/h1,3-7,10H,2,8-9,11-12,18H2,(H,19,21)(H,20,22). The number of carbonyl (C=O) groups is 2. The zero-order chi connectivity index (χ0) is 16.5. The van der Waals surface area contributed by atoms with E-state index in [9.17, 15) is 9.59 Å². The van der Waals surface area contributed by atoms with Crippen LogP contribution >= 0.6 is 11.3 Å². The number of rotatable bonds is 8. The maximum absolute atomic E-state index is 11.9. The summed E-state index contributed by atoms with van der Waals surface area (Å²) >= 11 is 1.57. The molecule has 2 amide bonds. The fraction of sp³-hybridized carbons (Fsp3) is 0.294. The zero-order valence-corrected chi connectivity index (χ0v) is 13.7. The van der Waals surface area contributed by atoms with Crippen molar-refractivity contribution in [1.82, 2.24) is 10.6 Å². The number of thiophene rings is 1. The van der Waals surface area contributed by atoms with Crippen molar-refractivity contribution in [3.05, 3.63) is 57.8 Å². The summed E-state index contributed by atoms with van der Waals surface area (Å²) in [5.74, 6) is -0.102. The van der Waals surface area contributed by atoms with Gasteiger partial charge in [-0.15, -0.1) is 11.3 Å². The van der Waals surface area contributed by atoms with E-state index in [1.165, 1.54) is 0 Å². The molecule has 1 heterocycles. The Kier molecular flexibility index (Phi) is 6.77. The molecular weight excluding hydrogens is 310 g/mol. The van der Waals surface area contributed by atoms with Crippen LogP contribution in [-0.2, 0) is 17.8 Å². The molecule has 4 N–H and O–H groups in total. The highest BCUT2D eigenvalue weighted by atomic mass is 32.1. The Morgan fingerprint density at radius 1 is 1.04 bits per heavy atom. The number of benzene rings is 1. The highest BCUT2D eigenvalue weighted by Crippen LogP contribution is 2.08.